The number of ether oxygens (including phenoxy) is 2. The van der Waals surface area contributed by atoms with E-state index in [1.165, 1.54) is 0 Å². The lowest BCUT2D eigenvalue weighted by molar-refractivity contribution is -0.121. The van der Waals surface area contributed by atoms with Crippen LogP contribution in [0.3, 0.4) is 0 Å². The van der Waals surface area contributed by atoms with Gasteiger partial charge in [0.1, 0.15) is 0 Å². The summed E-state index contributed by atoms with van der Waals surface area (Å²) >= 11 is 0. The number of aliphatic imine (C=N–C) groups is 1. The second kappa shape index (κ2) is 17.0. The molecule has 1 aromatic carbocycles. The molecule has 0 aliphatic heterocycles. The van der Waals surface area contributed by atoms with Gasteiger partial charge in [-0.1, -0.05) is 13.0 Å². The number of nitrogens with one attached hydrogen (secondary N) is 3. The van der Waals surface area contributed by atoms with Crippen molar-refractivity contribution >= 4 is 35.8 Å². The summed E-state index contributed by atoms with van der Waals surface area (Å²) in [5.41, 5.74) is 1.16. The maximum absolute atomic E-state index is 11.9. The third-order valence-electron chi connectivity index (χ3n) is 4.29. The number of benzene rings is 1. The SMILES string of the molecule is CCNC(=NCCC(=O)NC(C)CC)NCCc1ccc(OCC)c(OCC)c1.I. The topological polar surface area (TPSA) is 84.0 Å². The van der Waals surface area contributed by atoms with Gasteiger partial charge in [-0.3, -0.25) is 9.79 Å². The first-order chi connectivity index (χ1) is 14.0. The Kier molecular flexibility index (Phi) is 16.0. The number of carbonyl (C=O) groups excluding carboxylic acids is 1. The Morgan fingerprint density at radius 2 is 1.77 bits per heavy atom. The highest BCUT2D eigenvalue weighted by molar-refractivity contribution is 14.0. The Balaban J connectivity index is 0.00000841. The van der Waals surface area contributed by atoms with E-state index >= 15 is 0 Å². The van der Waals surface area contributed by atoms with Gasteiger partial charge in [0.05, 0.1) is 19.8 Å². The molecule has 0 aromatic heterocycles. The van der Waals surface area contributed by atoms with Gasteiger partial charge in [-0.05, 0) is 58.2 Å². The second-order valence-electron chi connectivity index (χ2n) is 6.71. The molecular weight excluding hydrogens is 495 g/mol. The summed E-state index contributed by atoms with van der Waals surface area (Å²) in [6, 6.07) is 6.24. The number of hydrogen-bond acceptors (Lipinski definition) is 4. The molecule has 8 heteroatoms. The number of rotatable bonds is 13. The van der Waals surface area contributed by atoms with Gasteiger partial charge in [-0.15, -0.1) is 24.0 Å². The van der Waals surface area contributed by atoms with Crippen LogP contribution in [-0.4, -0.2) is 50.8 Å². The molecule has 7 nitrogen and oxygen atoms in total. The third kappa shape index (κ3) is 11.5. The van der Waals surface area contributed by atoms with Crippen LogP contribution in [0.25, 0.3) is 0 Å². The summed E-state index contributed by atoms with van der Waals surface area (Å²) in [4.78, 5) is 16.4. The monoisotopic (exact) mass is 534 g/mol. The molecule has 3 N–H and O–H groups in total. The summed E-state index contributed by atoms with van der Waals surface area (Å²) in [5, 5.41) is 9.49. The standard InChI is InChI=1S/C22H38N4O3.HI/c1-6-17(5)26-21(27)13-15-25-22(23-7-2)24-14-12-18-10-11-19(28-8-3)20(16-18)29-9-4;/h10-11,16-17H,6-9,12-15H2,1-5H3,(H,26,27)(H2,23,24,25);1H. The summed E-state index contributed by atoms with van der Waals surface area (Å²) in [6.07, 6.45) is 2.14. The van der Waals surface area contributed by atoms with Crippen LogP contribution in [0.15, 0.2) is 23.2 Å². The third-order valence-corrected chi connectivity index (χ3v) is 4.29. The molecule has 0 saturated carbocycles. The van der Waals surface area contributed by atoms with E-state index in [4.69, 9.17) is 9.47 Å². The van der Waals surface area contributed by atoms with Crippen molar-refractivity contribution < 1.29 is 14.3 Å². The van der Waals surface area contributed by atoms with Crippen molar-refractivity contribution in [1.29, 1.82) is 0 Å². The first kappa shape index (κ1) is 28.3. The van der Waals surface area contributed by atoms with Crippen molar-refractivity contribution in [2.75, 3.05) is 32.8 Å². The predicted octanol–water partition coefficient (Wildman–Crippen LogP) is 3.50. The van der Waals surface area contributed by atoms with Crippen molar-refractivity contribution in [3.05, 3.63) is 23.8 Å². The Morgan fingerprint density at radius 3 is 2.40 bits per heavy atom. The summed E-state index contributed by atoms with van der Waals surface area (Å²) in [5.74, 6) is 2.31. The van der Waals surface area contributed by atoms with Crippen LogP contribution in [0.5, 0.6) is 11.5 Å². The quantitative estimate of drug-likeness (QED) is 0.205. The smallest absolute Gasteiger partial charge is 0.222 e. The molecule has 0 fully saturated rings. The van der Waals surface area contributed by atoms with Crippen LogP contribution in [0, 0.1) is 0 Å². The van der Waals surface area contributed by atoms with Crippen molar-refractivity contribution in [2.24, 2.45) is 4.99 Å². The van der Waals surface area contributed by atoms with Crippen LogP contribution in [-0.2, 0) is 11.2 Å². The summed E-state index contributed by atoms with van der Waals surface area (Å²) in [6.45, 7) is 13.2. The first-order valence-corrected chi connectivity index (χ1v) is 10.7. The van der Waals surface area contributed by atoms with Gasteiger partial charge in [0, 0.05) is 25.6 Å². The number of carbonyl (C=O) groups is 1. The van der Waals surface area contributed by atoms with Crippen LogP contribution in [0.2, 0.25) is 0 Å². The highest BCUT2D eigenvalue weighted by atomic mass is 127. The minimum Gasteiger partial charge on any atom is -0.490 e. The van der Waals surface area contributed by atoms with Gasteiger partial charge < -0.3 is 25.4 Å². The lowest BCUT2D eigenvalue weighted by Crippen LogP contribution is -2.38. The molecular formula is C22H39IN4O3. The molecule has 1 rings (SSSR count). The number of hydrogen-bond donors (Lipinski definition) is 3. The molecule has 0 heterocycles. The highest BCUT2D eigenvalue weighted by Gasteiger charge is 2.07. The highest BCUT2D eigenvalue weighted by Crippen LogP contribution is 2.28. The number of halogens is 1. The fraction of sp³-hybridized carbons (Fsp3) is 0.636. The number of guanidine groups is 1. The van der Waals surface area contributed by atoms with Crippen molar-refractivity contribution in [3.63, 3.8) is 0 Å². The average Bonchev–Trinajstić information content (AvgIpc) is 2.70. The maximum atomic E-state index is 11.9. The molecule has 30 heavy (non-hydrogen) atoms. The summed E-state index contributed by atoms with van der Waals surface area (Å²) in [7, 11) is 0. The fourth-order valence-electron chi connectivity index (χ4n) is 2.64. The summed E-state index contributed by atoms with van der Waals surface area (Å²) < 4.78 is 11.3. The van der Waals surface area contributed by atoms with Crippen LogP contribution < -0.4 is 25.4 Å². The van der Waals surface area contributed by atoms with Gasteiger partial charge >= 0.3 is 0 Å². The number of amides is 1. The largest absolute Gasteiger partial charge is 0.490 e. The zero-order valence-electron chi connectivity index (χ0n) is 19.0. The molecule has 1 aromatic rings. The molecule has 1 amide bonds. The van der Waals surface area contributed by atoms with Crippen LogP contribution >= 0.6 is 24.0 Å². The van der Waals surface area contributed by atoms with Gasteiger partial charge in [-0.25, -0.2) is 0 Å². The van der Waals surface area contributed by atoms with Crippen LogP contribution in [0.4, 0.5) is 0 Å². The fourth-order valence-corrected chi connectivity index (χ4v) is 2.64. The Labute approximate surface area is 198 Å². The van der Waals surface area contributed by atoms with E-state index in [2.05, 4.69) is 33.9 Å². The average molecular weight is 534 g/mol. The molecule has 0 bridgehead atoms. The van der Waals surface area contributed by atoms with Crippen molar-refractivity contribution in [2.45, 2.75) is 59.9 Å². The van der Waals surface area contributed by atoms with Gasteiger partial charge in [0.15, 0.2) is 17.5 Å². The first-order valence-electron chi connectivity index (χ1n) is 10.7. The molecule has 0 aliphatic rings. The van der Waals surface area contributed by atoms with E-state index in [0.717, 1.165) is 49.0 Å². The van der Waals surface area contributed by atoms with Crippen molar-refractivity contribution in [1.82, 2.24) is 16.0 Å². The van der Waals surface area contributed by atoms with Gasteiger partial charge in [0.25, 0.3) is 0 Å². The Hall–Kier alpha value is -1.71. The maximum Gasteiger partial charge on any atom is 0.222 e. The zero-order chi connectivity index (χ0) is 21.5. The lowest BCUT2D eigenvalue weighted by Gasteiger charge is -2.14. The van der Waals surface area contributed by atoms with Gasteiger partial charge in [0.2, 0.25) is 5.91 Å². The minimum absolute atomic E-state index is 0. The van der Waals surface area contributed by atoms with E-state index in [1.807, 2.05) is 39.8 Å². The van der Waals surface area contributed by atoms with E-state index in [-0.39, 0.29) is 35.9 Å². The zero-order valence-corrected chi connectivity index (χ0v) is 21.4. The molecule has 0 spiro atoms. The number of nitrogens with zero attached hydrogens (tertiary/aromatic N) is 1. The molecule has 0 radical (unpaired) electrons. The Bertz CT molecular complexity index is 641. The van der Waals surface area contributed by atoms with E-state index < -0.39 is 0 Å². The van der Waals surface area contributed by atoms with E-state index in [0.29, 0.717) is 26.2 Å². The molecule has 1 atom stereocenters. The predicted molar refractivity (Wildman–Crippen MR) is 134 cm³/mol. The minimum atomic E-state index is 0. The molecule has 0 saturated heterocycles. The van der Waals surface area contributed by atoms with E-state index in [9.17, 15) is 4.79 Å². The normalized spacial score (nSPS) is 11.8. The van der Waals surface area contributed by atoms with Gasteiger partial charge in [-0.2, -0.15) is 0 Å². The van der Waals surface area contributed by atoms with Crippen LogP contribution in [0.1, 0.15) is 53.0 Å². The van der Waals surface area contributed by atoms with E-state index in [1.54, 1.807) is 0 Å². The molecule has 0 aliphatic carbocycles. The second-order valence-corrected chi connectivity index (χ2v) is 6.71. The molecule has 1 unspecified atom stereocenters. The molecule has 172 valence electrons. The lowest BCUT2D eigenvalue weighted by atomic mass is 10.1. The Morgan fingerprint density at radius 1 is 1.07 bits per heavy atom. The van der Waals surface area contributed by atoms with Crippen molar-refractivity contribution in [3.8, 4) is 11.5 Å².